The van der Waals surface area contributed by atoms with Gasteiger partial charge in [0.1, 0.15) is 0 Å². The largest absolute Gasteiger partial charge is 0.478 e. The van der Waals surface area contributed by atoms with Gasteiger partial charge in [-0.2, -0.15) is 0 Å². The van der Waals surface area contributed by atoms with Gasteiger partial charge >= 0.3 is 5.97 Å². The zero-order valence-electron chi connectivity index (χ0n) is 17.2. The van der Waals surface area contributed by atoms with E-state index in [1.165, 1.54) is 40.7 Å². The smallest absolute Gasteiger partial charge is 0.336 e. The molecule has 4 heteroatoms. The van der Waals surface area contributed by atoms with Crippen molar-refractivity contribution in [3.8, 4) is 11.1 Å². The van der Waals surface area contributed by atoms with Gasteiger partial charge in [-0.1, -0.05) is 36.4 Å². The molecule has 1 fully saturated rings. The third kappa shape index (κ3) is 3.52. The molecule has 1 atom stereocenters. The monoisotopic (exact) mass is 398 g/mol. The second kappa shape index (κ2) is 7.69. The van der Waals surface area contributed by atoms with Crippen LogP contribution in [0.25, 0.3) is 11.1 Å². The standard InChI is InChI=1S/C26H26N2O2/c1-17-4-2-3-5-22(17)18-6-10-23-20(14-18)16-28(21-8-9-21)25(23)11-7-19-15-27-13-12-24(19)26(29)30/h2-6,10,12-15,21,25H,7-9,11,16H2,1H3,(H,29,30)/t25-/m0/s1. The average molecular weight is 399 g/mol. The van der Waals surface area contributed by atoms with E-state index in [1.807, 2.05) is 0 Å². The average Bonchev–Trinajstić information content (AvgIpc) is 3.54. The maximum Gasteiger partial charge on any atom is 0.336 e. The summed E-state index contributed by atoms with van der Waals surface area (Å²) >= 11 is 0. The summed E-state index contributed by atoms with van der Waals surface area (Å²) in [6, 6.07) is 18.1. The summed E-state index contributed by atoms with van der Waals surface area (Å²) in [5.74, 6) is -0.874. The van der Waals surface area contributed by atoms with Gasteiger partial charge < -0.3 is 5.11 Å². The molecule has 0 unspecified atom stereocenters. The lowest BCUT2D eigenvalue weighted by Gasteiger charge is -2.25. The van der Waals surface area contributed by atoms with E-state index in [9.17, 15) is 9.90 Å². The lowest BCUT2D eigenvalue weighted by atomic mass is 9.93. The first-order valence-electron chi connectivity index (χ1n) is 10.7. The van der Waals surface area contributed by atoms with Crippen molar-refractivity contribution in [3.05, 3.63) is 88.7 Å². The number of hydrogen-bond donors (Lipinski definition) is 1. The molecule has 4 nitrogen and oxygen atoms in total. The Morgan fingerprint density at radius 1 is 1.17 bits per heavy atom. The normalized spacial score (nSPS) is 18.4. The number of fused-ring (bicyclic) bond motifs is 1. The zero-order chi connectivity index (χ0) is 20.7. The summed E-state index contributed by atoms with van der Waals surface area (Å²) in [7, 11) is 0. The van der Waals surface area contributed by atoms with Gasteiger partial charge in [-0.15, -0.1) is 0 Å². The van der Waals surface area contributed by atoms with Crippen LogP contribution in [0.1, 0.15) is 57.9 Å². The minimum atomic E-state index is -0.874. The number of carboxylic acid groups (broad SMARTS) is 1. The van der Waals surface area contributed by atoms with Crippen LogP contribution in [0, 0.1) is 6.92 Å². The highest BCUT2D eigenvalue weighted by atomic mass is 16.4. The van der Waals surface area contributed by atoms with Crippen LogP contribution in [-0.2, 0) is 13.0 Å². The number of carbonyl (C=O) groups is 1. The highest BCUT2D eigenvalue weighted by molar-refractivity contribution is 5.89. The molecule has 2 heterocycles. The SMILES string of the molecule is Cc1ccccc1-c1ccc2c(c1)CN(C1CC1)[C@H]2CCc1cnccc1C(=O)O. The number of benzene rings is 2. The number of nitrogens with zero attached hydrogens (tertiary/aromatic N) is 2. The number of rotatable bonds is 6. The van der Waals surface area contributed by atoms with Gasteiger partial charge in [0.15, 0.2) is 0 Å². The van der Waals surface area contributed by atoms with Crippen molar-refractivity contribution in [2.75, 3.05) is 0 Å². The van der Waals surface area contributed by atoms with Crippen molar-refractivity contribution < 1.29 is 9.90 Å². The topological polar surface area (TPSA) is 53.4 Å². The number of aromatic nitrogens is 1. The fraction of sp³-hybridized carbons (Fsp3) is 0.308. The van der Waals surface area contributed by atoms with E-state index >= 15 is 0 Å². The molecule has 1 aliphatic heterocycles. The lowest BCUT2D eigenvalue weighted by Crippen LogP contribution is -2.25. The molecule has 1 aliphatic carbocycles. The number of hydrogen-bond acceptors (Lipinski definition) is 3. The van der Waals surface area contributed by atoms with Crippen LogP contribution in [0.3, 0.4) is 0 Å². The molecule has 1 saturated carbocycles. The Kier molecular flexibility index (Phi) is 4.87. The van der Waals surface area contributed by atoms with Crippen molar-refractivity contribution in [1.82, 2.24) is 9.88 Å². The van der Waals surface area contributed by atoms with Crippen LogP contribution in [0.15, 0.2) is 60.9 Å². The summed E-state index contributed by atoms with van der Waals surface area (Å²) in [5, 5.41) is 9.49. The van der Waals surface area contributed by atoms with Gasteiger partial charge in [-0.25, -0.2) is 4.79 Å². The lowest BCUT2D eigenvalue weighted by molar-refractivity contribution is 0.0695. The van der Waals surface area contributed by atoms with E-state index in [2.05, 4.69) is 59.3 Å². The molecule has 1 aromatic heterocycles. The van der Waals surface area contributed by atoms with E-state index in [4.69, 9.17) is 0 Å². The summed E-state index contributed by atoms with van der Waals surface area (Å²) in [4.78, 5) is 18.3. The quantitative estimate of drug-likeness (QED) is 0.603. The Morgan fingerprint density at radius 3 is 2.77 bits per heavy atom. The molecule has 0 spiro atoms. The Hall–Kier alpha value is -2.98. The van der Waals surface area contributed by atoms with Gasteiger partial charge in [-0.05, 0) is 78.1 Å². The summed E-state index contributed by atoms with van der Waals surface area (Å²) in [6.45, 7) is 3.15. The minimum Gasteiger partial charge on any atom is -0.478 e. The van der Waals surface area contributed by atoms with Crippen LogP contribution >= 0.6 is 0 Å². The molecule has 1 N–H and O–H groups in total. The van der Waals surface area contributed by atoms with Crippen LogP contribution in [0.4, 0.5) is 0 Å². The van der Waals surface area contributed by atoms with Crippen LogP contribution in [0.5, 0.6) is 0 Å². The van der Waals surface area contributed by atoms with E-state index in [-0.39, 0.29) is 0 Å². The van der Waals surface area contributed by atoms with E-state index in [0.29, 0.717) is 17.6 Å². The molecule has 5 rings (SSSR count). The van der Waals surface area contributed by atoms with Crippen LogP contribution < -0.4 is 0 Å². The van der Waals surface area contributed by atoms with Gasteiger partial charge in [0.25, 0.3) is 0 Å². The fourth-order valence-electron chi connectivity index (χ4n) is 4.86. The molecule has 152 valence electrons. The first-order chi connectivity index (χ1) is 14.6. The molecule has 0 amide bonds. The number of pyridine rings is 1. The second-order valence-corrected chi connectivity index (χ2v) is 8.52. The molecule has 2 aromatic carbocycles. The van der Waals surface area contributed by atoms with E-state index in [1.54, 1.807) is 18.5 Å². The van der Waals surface area contributed by atoms with Crippen LogP contribution in [-0.4, -0.2) is 27.0 Å². The second-order valence-electron chi connectivity index (χ2n) is 8.52. The van der Waals surface area contributed by atoms with Gasteiger partial charge in [-0.3, -0.25) is 9.88 Å². The molecule has 0 radical (unpaired) electrons. The third-order valence-electron chi connectivity index (χ3n) is 6.55. The van der Waals surface area contributed by atoms with E-state index < -0.39 is 5.97 Å². The number of aromatic carboxylic acids is 1. The van der Waals surface area contributed by atoms with Gasteiger partial charge in [0.05, 0.1) is 5.56 Å². The van der Waals surface area contributed by atoms with Crippen molar-refractivity contribution in [1.29, 1.82) is 0 Å². The third-order valence-corrected chi connectivity index (χ3v) is 6.55. The number of aryl methyl sites for hydroxylation is 2. The molecule has 30 heavy (non-hydrogen) atoms. The van der Waals surface area contributed by atoms with Crippen molar-refractivity contribution in [2.45, 2.75) is 51.2 Å². The molecule has 0 saturated heterocycles. The van der Waals surface area contributed by atoms with Crippen LogP contribution in [0.2, 0.25) is 0 Å². The number of carboxylic acids is 1. The maximum atomic E-state index is 11.6. The predicted octanol–water partition coefficient (Wildman–Crippen LogP) is 5.41. The first-order valence-corrected chi connectivity index (χ1v) is 10.7. The van der Waals surface area contributed by atoms with Crippen molar-refractivity contribution in [3.63, 3.8) is 0 Å². The Balaban J connectivity index is 1.43. The minimum absolute atomic E-state index is 0.347. The van der Waals surface area contributed by atoms with Gasteiger partial charge in [0.2, 0.25) is 0 Å². The highest BCUT2D eigenvalue weighted by Crippen LogP contribution is 2.45. The predicted molar refractivity (Wildman–Crippen MR) is 117 cm³/mol. The zero-order valence-corrected chi connectivity index (χ0v) is 17.2. The summed E-state index contributed by atoms with van der Waals surface area (Å²) < 4.78 is 0. The van der Waals surface area contributed by atoms with Gasteiger partial charge in [0, 0.05) is 31.0 Å². The molecular formula is C26H26N2O2. The Bertz CT molecular complexity index is 1100. The van der Waals surface area contributed by atoms with Crippen molar-refractivity contribution >= 4 is 5.97 Å². The molecule has 2 aliphatic rings. The summed E-state index contributed by atoms with van der Waals surface area (Å²) in [6.07, 6.45) is 7.44. The van der Waals surface area contributed by atoms with E-state index in [0.717, 1.165) is 24.9 Å². The molecule has 3 aromatic rings. The Labute approximate surface area is 177 Å². The summed E-state index contributed by atoms with van der Waals surface area (Å²) in [5.41, 5.74) is 7.88. The maximum absolute atomic E-state index is 11.6. The van der Waals surface area contributed by atoms with Crippen molar-refractivity contribution in [2.24, 2.45) is 0 Å². The Morgan fingerprint density at radius 2 is 2.00 bits per heavy atom. The molecular weight excluding hydrogens is 372 g/mol. The fourth-order valence-corrected chi connectivity index (χ4v) is 4.86. The first kappa shape index (κ1) is 19.0. The molecule has 0 bridgehead atoms. The highest BCUT2D eigenvalue weighted by Gasteiger charge is 2.39.